The van der Waals surface area contributed by atoms with Crippen LogP contribution in [0.5, 0.6) is 0 Å². The van der Waals surface area contributed by atoms with Gasteiger partial charge in [0.15, 0.2) is 11.6 Å². The molecule has 1 aromatic heterocycles. The predicted molar refractivity (Wildman–Crippen MR) is 62.8 cm³/mol. The number of carbonyl (C=O) groups is 1. The van der Waals surface area contributed by atoms with E-state index in [2.05, 4.69) is 4.98 Å². The van der Waals surface area contributed by atoms with E-state index in [0.717, 1.165) is 6.07 Å². The molecule has 1 N–H and O–H groups in total. The third-order valence-corrected chi connectivity index (χ3v) is 2.56. The molecule has 0 unspecified atom stereocenters. The molecule has 6 heteroatoms. The van der Waals surface area contributed by atoms with E-state index in [0.29, 0.717) is 12.8 Å². The zero-order valence-corrected chi connectivity index (χ0v) is 10.1. The highest BCUT2D eigenvalue weighted by atomic mass is 19.2. The summed E-state index contributed by atoms with van der Waals surface area (Å²) in [6, 6.07) is 3.55. The average Bonchev–Trinajstić information content (AvgIpc) is 2.77. The molecule has 100 valence electrons. The zero-order valence-electron chi connectivity index (χ0n) is 10.1. The van der Waals surface area contributed by atoms with Crippen molar-refractivity contribution in [3.05, 3.63) is 41.3 Å². The second-order valence-corrected chi connectivity index (χ2v) is 3.95. The van der Waals surface area contributed by atoms with E-state index in [-0.39, 0.29) is 22.9 Å². The van der Waals surface area contributed by atoms with Crippen molar-refractivity contribution in [2.75, 3.05) is 0 Å². The first kappa shape index (κ1) is 13.2. The smallest absolute Gasteiger partial charge is 0.373 e. The third kappa shape index (κ3) is 2.47. The molecule has 0 amide bonds. The van der Waals surface area contributed by atoms with Crippen LogP contribution >= 0.6 is 0 Å². The molecule has 0 bridgehead atoms. The Hall–Kier alpha value is -2.24. The Labute approximate surface area is 107 Å². The molecule has 2 aromatic rings. The zero-order chi connectivity index (χ0) is 14.0. The molecule has 4 nitrogen and oxygen atoms in total. The average molecular weight is 267 g/mol. The number of aryl methyl sites for hydroxylation is 1. The summed E-state index contributed by atoms with van der Waals surface area (Å²) in [5.41, 5.74) is 0.0403. The molecule has 1 heterocycles. The molecule has 0 fully saturated rings. The number of hydrogen-bond donors (Lipinski definition) is 1. The lowest BCUT2D eigenvalue weighted by atomic mass is 10.2. The van der Waals surface area contributed by atoms with Gasteiger partial charge in [-0.2, -0.15) is 0 Å². The van der Waals surface area contributed by atoms with Gasteiger partial charge in [0.2, 0.25) is 11.7 Å². The predicted octanol–water partition coefficient (Wildman–Crippen LogP) is 3.27. The van der Waals surface area contributed by atoms with Gasteiger partial charge >= 0.3 is 5.97 Å². The van der Waals surface area contributed by atoms with Crippen LogP contribution in [0.1, 0.15) is 29.6 Å². The van der Waals surface area contributed by atoms with Crippen LogP contribution in [-0.2, 0) is 6.42 Å². The first-order valence-electron chi connectivity index (χ1n) is 5.72. The Kier molecular flexibility index (Phi) is 3.59. The van der Waals surface area contributed by atoms with Crippen LogP contribution in [0.15, 0.2) is 22.6 Å². The highest BCUT2D eigenvalue weighted by Crippen LogP contribution is 2.26. The fraction of sp³-hybridized carbons (Fsp3) is 0.231. The summed E-state index contributed by atoms with van der Waals surface area (Å²) in [4.78, 5) is 14.9. The SMILES string of the molecule is CCCc1nc(-c2cccc(F)c2F)oc1C(=O)O. The summed E-state index contributed by atoms with van der Waals surface area (Å²) in [7, 11) is 0. The fourth-order valence-corrected chi connectivity index (χ4v) is 1.71. The molecule has 2 rings (SSSR count). The number of nitrogens with zero attached hydrogens (tertiary/aromatic N) is 1. The van der Waals surface area contributed by atoms with Crippen LogP contribution < -0.4 is 0 Å². The number of oxazole rings is 1. The molecular weight excluding hydrogens is 256 g/mol. The van der Waals surface area contributed by atoms with Crippen molar-refractivity contribution in [2.24, 2.45) is 0 Å². The minimum absolute atomic E-state index is 0.190. The molecule has 0 radical (unpaired) electrons. The number of rotatable bonds is 4. The van der Waals surface area contributed by atoms with Gasteiger partial charge in [-0.15, -0.1) is 0 Å². The summed E-state index contributed by atoms with van der Waals surface area (Å²) < 4.78 is 31.7. The topological polar surface area (TPSA) is 63.3 Å². The van der Waals surface area contributed by atoms with Crippen molar-refractivity contribution >= 4 is 5.97 Å². The van der Waals surface area contributed by atoms with Gasteiger partial charge in [-0.3, -0.25) is 0 Å². The number of benzene rings is 1. The molecule has 0 aliphatic rings. The van der Waals surface area contributed by atoms with Gasteiger partial charge in [-0.05, 0) is 18.6 Å². The summed E-state index contributed by atoms with van der Waals surface area (Å²) in [6.07, 6.45) is 1.06. The monoisotopic (exact) mass is 267 g/mol. The summed E-state index contributed by atoms with van der Waals surface area (Å²) in [6.45, 7) is 1.85. The lowest BCUT2D eigenvalue weighted by molar-refractivity contribution is 0.0661. The van der Waals surface area contributed by atoms with E-state index in [1.807, 2.05) is 6.92 Å². The Morgan fingerprint density at radius 2 is 2.16 bits per heavy atom. The molecule has 0 aliphatic carbocycles. The highest BCUT2D eigenvalue weighted by molar-refractivity contribution is 5.86. The van der Waals surface area contributed by atoms with E-state index < -0.39 is 17.6 Å². The van der Waals surface area contributed by atoms with Crippen LogP contribution in [0.3, 0.4) is 0 Å². The number of carboxylic acids is 1. The minimum Gasteiger partial charge on any atom is -0.475 e. The standard InChI is InChI=1S/C13H11F2NO3/c1-2-4-9-11(13(17)18)19-12(16-9)7-5-3-6-8(14)10(7)15/h3,5-6H,2,4H2,1H3,(H,17,18). The van der Waals surface area contributed by atoms with Crippen LogP contribution in [0.25, 0.3) is 11.5 Å². The normalized spacial score (nSPS) is 10.7. The largest absolute Gasteiger partial charge is 0.475 e. The summed E-state index contributed by atoms with van der Waals surface area (Å²) in [5.74, 6) is -3.98. The second-order valence-electron chi connectivity index (χ2n) is 3.95. The van der Waals surface area contributed by atoms with E-state index in [1.165, 1.54) is 12.1 Å². The number of halogens is 2. The molecular formula is C13H11F2NO3. The molecule has 0 saturated heterocycles. The van der Waals surface area contributed by atoms with Gasteiger partial charge in [0, 0.05) is 0 Å². The van der Waals surface area contributed by atoms with Gasteiger partial charge in [-0.1, -0.05) is 19.4 Å². The Morgan fingerprint density at radius 3 is 2.79 bits per heavy atom. The van der Waals surface area contributed by atoms with Crippen molar-refractivity contribution in [1.82, 2.24) is 4.98 Å². The van der Waals surface area contributed by atoms with Gasteiger partial charge in [0.05, 0.1) is 11.3 Å². The minimum atomic E-state index is -1.28. The Bertz CT molecular complexity index is 622. The van der Waals surface area contributed by atoms with E-state index in [1.54, 1.807) is 0 Å². The van der Waals surface area contributed by atoms with Gasteiger partial charge in [-0.25, -0.2) is 18.6 Å². The lowest BCUT2D eigenvalue weighted by Gasteiger charge is -1.98. The molecule has 0 saturated carbocycles. The summed E-state index contributed by atoms with van der Waals surface area (Å²) >= 11 is 0. The Morgan fingerprint density at radius 1 is 1.42 bits per heavy atom. The molecule has 19 heavy (non-hydrogen) atoms. The van der Waals surface area contributed by atoms with Crippen molar-refractivity contribution in [3.8, 4) is 11.5 Å². The molecule has 0 spiro atoms. The highest BCUT2D eigenvalue weighted by Gasteiger charge is 2.22. The number of aromatic nitrogens is 1. The van der Waals surface area contributed by atoms with Crippen LogP contribution in [-0.4, -0.2) is 16.1 Å². The summed E-state index contributed by atoms with van der Waals surface area (Å²) in [5, 5.41) is 8.97. The maximum Gasteiger partial charge on any atom is 0.373 e. The first-order valence-corrected chi connectivity index (χ1v) is 5.72. The van der Waals surface area contributed by atoms with Crippen molar-refractivity contribution < 1.29 is 23.1 Å². The molecule has 1 aromatic carbocycles. The van der Waals surface area contributed by atoms with Crippen molar-refractivity contribution in [1.29, 1.82) is 0 Å². The van der Waals surface area contributed by atoms with E-state index >= 15 is 0 Å². The van der Waals surface area contributed by atoms with Crippen molar-refractivity contribution in [2.45, 2.75) is 19.8 Å². The number of carboxylic acid groups (broad SMARTS) is 1. The van der Waals surface area contributed by atoms with E-state index in [9.17, 15) is 13.6 Å². The van der Waals surface area contributed by atoms with Crippen LogP contribution in [0.4, 0.5) is 8.78 Å². The maximum atomic E-state index is 13.6. The quantitative estimate of drug-likeness (QED) is 0.923. The first-order chi connectivity index (χ1) is 9.04. The van der Waals surface area contributed by atoms with Gasteiger partial charge < -0.3 is 9.52 Å². The third-order valence-electron chi connectivity index (χ3n) is 2.56. The maximum absolute atomic E-state index is 13.6. The van der Waals surface area contributed by atoms with Crippen LogP contribution in [0.2, 0.25) is 0 Å². The lowest BCUT2D eigenvalue weighted by Crippen LogP contribution is -1.99. The van der Waals surface area contributed by atoms with Crippen LogP contribution in [0, 0.1) is 11.6 Å². The van der Waals surface area contributed by atoms with Gasteiger partial charge in [0.25, 0.3) is 0 Å². The van der Waals surface area contributed by atoms with E-state index in [4.69, 9.17) is 9.52 Å². The number of aromatic carboxylic acids is 1. The van der Waals surface area contributed by atoms with Gasteiger partial charge in [0.1, 0.15) is 0 Å². The second kappa shape index (κ2) is 5.17. The molecule has 0 atom stereocenters. The Balaban J connectivity index is 2.54. The fourth-order valence-electron chi connectivity index (χ4n) is 1.71. The number of hydrogen-bond acceptors (Lipinski definition) is 3. The molecule has 0 aliphatic heterocycles. The van der Waals surface area contributed by atoms with Crippen molar-refractivity contribution in [3.63, 3.8) is 0 Å².